The van der Waals surface area contributed by atoms with E-state index in [1.807, 2.05) is 0 Å². The molecule has 0 bridgehead atoms. The summed E-state index contributed by atoms with van der Waals surface area (Å²) in [4.78, 5) is 11.9. The topological polar surface area (TPSA) is 78.8 Å². The number of ether oxygens (including phenoxy) is 1. The molecule has 0 fully saturated rings. The summed E-state index contributed by atoms with van der Waals surface area (Å²) in [6.07, 6.45) is 0. The number of hydrogen-bond acceptors (Lipinski definition) is 4. The van der Waals surface area contributed by atoms with Crippen molar-refractivity contribution >= 4 is 5.91 Å². The Morgan fingerprint density at radius 1 is 1.53 bits per heavy atom. The summed E-state index contributed by atoms with van der Waals surface area (Å²) >= 11 is 0. The Bertz CT molecular complexity index is 392. The third kappa shape index (κ3) is 3.44. The van der Waals surface area contributed by atoms with Crippen LogP contribution in [-0.4, -0.2) is 42.5 Å². The lowest BCUT2D eigenvalue weighted by Gasteiger charge is -2.16. The molecule has 0 heterocycles. The molecule has 1 atom stereocenters. The van der Waals surface area contributed by atoms with Gasteiger partial charge in [-0.15, -0.1) is 0 Å². The zero-order valence-electron chi connectivity index (χ0n) is 9.93. The van der Waals surface area contributed by atoms with Gasteiger partial charge in [-0.25, -0.2) is 0 Å². The quantitative estimate of drug-likeness (QED) is 0.696. The molecule has 0 spiro atoms. The maximum Gasteiger partial charge on any atom is 0.252 e. The van der Waals surface area contributed by atoms with E-state index in [0.29, 0.717) is 11.1 Å². The number of amides is 1. The second kappa shape index (κ2) is 6.22. The average molecular weight is 239 g/mol. The second-order valence-corrected chi connectivity index (χ2v) is 3.76. The van der Waals surface area contributed by atoms with Crippen molar-refractivity contribution in [3.05, 3.63) is 29.3 Å². The monoisotopic (exact) mass is 239 g/mol. The lowest BCUT2D eigenvalue weighted by Crippen LogP contribution is -2.40. The molecule has 1 aromatic carbocycles. The van der Waals surface area contributed by atoms with Gasteiger partial charge >= 0.3 is 0 Å². The second-order valence-electron chi connectivity index (χ2n) is 3.76. The number of carbonyl (C=O) groups excluding carboxylic acids is 1. The van der Waals surface area contributed by atoms with Crippen molar-refractivity contribution in [3.8, 4) is 5.75 Å². The predicted octanol–water partition coefficient (Wildman–Crippen LogP) is 0.438. The van der Waals surface area contributed by atoms with E-state index in [9.17, 15) is 9.90 Å². The van der Waals surface area contributed by atoms with Crippen LogP contribution >= 0.6 is 0 Å². The average Bonchev–Trinajstić information content (AvgIpc) is 2.31. The number of benzene rings is 1. The van der Waals surface area contributed by atoms with E-state index < -0.39 is 6.04 Å². The van der Waals surface area contributed by atoms with Crippen LogP contribution in [0.3, 0.4) is 0 Å². The minimum atomic E-state index is -0.450. The van der Waals surface area contributed by atoms with Crippen LogP contribution in [0.1, 0.15) is 15.9 Å². The first-order valence-electron chi connectivity index (χ1n) is 5.29. The molecule has 1 aromatic rings. The van der Waals surface area contributed by atoms with Crippen LogP contribution in [0.2, 0.25) is 0 Å². The van der Waals surface area contributed by atoms with Crippen molar-refractivity contribution in [2.24, 2.45) is 0 Å². The third-order valence-corrected chi connectivity index (χ3v) is 2.47. The smallest absolute Gasteiger partial charge is 0.252 e. The molecule has 94 valence electrons. The fraction of sp³-hybridized carbons (Fsp3) is 0.417. The minimum Gasteiger partial charge on any atom is -0.508 e. The Kier molecular flexibility index (Phi) is 4.93. The molecule has 0 aromatic heterocycles. The van der Waals surface area contributed by atoms with Crippen LogP contribution in [0.4, 0.5) is 0 Å². The number of rotatable bonds is 5. The summed E-state index contributed by atoms with van der Waals surface area (Å²) < 4.78 is 4.86. The number of aliphatic hydroxyl groups is 1. The zero-order chi connectivity index (χ0) is 12.8. The zero-order valence-corrected chi connectivity index (χ0v) is 9.93. The van der Waals surface area contributed by atoms with Gasteiger partial charge in [0, 0.05) is 18.2 Å². The van der Waals surface area contributed by atoms with Gasteiger partial charge in [-0.3, -0.25) is 4.79 Å². The maximum absolute atomic E-state index is 11.9. The fourth-order valence-electron chi connectivity index (χ4n) is 1.47. The van der Waals surface area contributed by atoms with Crippen molar-refractivity contribution in [1.82, 2.24) is 5.32 Å². The van der Waals surface area contributed by atoms with E-state index in [4.69, 9.17) is 9.84 Å². The van der Waals surface area contributed by atoms with E-state index in [1.165, 1.54) is 13.2 Å². The third-order valence-electron chi connectivity index (χ3n) is 2.47. The Morgan fingerprint density at radius 3 is 2.82 bits per heavy atom. The van der Waals surface area contributed by atoms with Crippen LogP contribution in [0.5, 0.6) is 5.75 Å². The number of aromatic hydroxyl groups is 1. The highest BCUT2D eigenvalue weighted by Crippen LogP contribution is 2.19. The largest absolute Gasteiger partial charge is 0.508 e. The summed E-state index contributed by atoms with van der Waals surface area (Å²) in [5.41, 5.74) is 0.902. The Hall–Kier alpha value is -1.59. The molecule has 0 saturated heterocycles. The Morgan fingerprint density at radius 2 is 2.24 bits per heavy atom. The van der Waals surface area contributed by atoms with E-state index in [1.54, 1.807) is 19.1 Å². The number of nitrogens with one attached hydrogen (secondary N) is 1. The molecule has 0 saturated carbocycles. The molecule has 3 N–H and O–H groups in total. The van der Waals surface area contributed by atoms with Crippen LogP contribution in [0, 0.1) is 6.92 Å². The molecule has 0 aliphatic rings. The number of carbonyl (C=O) groups is 1. The lowest BCUT2D eigenvalue weighted by molar-refractivity contribution is 0.0838. The SMILES string of the molecule is COCC(CO)NC(=O)c1cccc(O)c1C. The van der Waals surface area contributed by atoms with Gasteiger partial charge in [0.15, 0.2) is 0 Å². The van der Waals surface area contributed by atoms with Crippen LogP contribution in [0.25, 0.3) is 0 Å². The number of phenolic OH excluding ortho intramolecular Hbond substituents is 1. The van der Waals surface area contributed by atoms with Crippen molar-refractivity contribution in [2.45, 2.75) is 13.0 Å². The number of methoxy groups -OCH3 is 1. The first kappa shape index (κ1) is 13.5. The molecule has 5 heteroatoms. The van der Waals surface area contributed by atoms with Gasteiger partial charge in [-0.05, 0) is 19.1 Å². The van der Waals surface area contributed by atoms with Gasteiger partial charge in [0.1, 0.15) is 5.75 Å². The van der Waals surface area contributed by atoms with E-state index in [0.717, 1.165) is 0 Å². The van der Waals surface area contributed by atoms with E-state index in [-0.39, 0.29) is 24.9 Å². The molecule has 5 nitrogen and oxygen atoms in total. The molecular formula is C12H17NO4. The van der Waals surface area contributed by atoms with Crippen molar-refractivity contribution in [3.63, 3.8) is 0 Å². The van der Waals surface area contributed by atoms with Crippen LogP contribution in [-0.2, 0) is 4.74 Å². The van der Waals surface area contributed by atoms with Gasteiger partial charge in [-0.2, -0.15) is 0 Å². The van der Waals surface area contributed by atoms with Gasteiger partial charge in [0.2, 0.25) is 0 Å². The molecule has 1 unspecified atom stereocenters. The van der Waals surface area contributed by atoms with Crippen molar-refractivity contribution in [1.29, 1.82) is 0 Å². The van der Waals surface area contributed by atoms with Gasteiger partial charge in [0.05, 0.1) is 19.3 Å². The number of aliphatic hydroxyl groups excluding tert-OH is 1. The fourth-order valence-corrected chi connectivity index (χ4v) is 1.47. The normalized spacial score (nSPS) is 12.2. The van der Waals surface area contributed by atoms with Crippen LogP contribution in [0.15, 0.2) is 18.2 Å². The summed E-state index contributed by atoms with van der Waals surface area (Å²) in [7, 11) is 1.49. The Balaban J connectivity index is 2.79. The van der Waals surface area contributed by atoms with Gasteiger partial charge < -0.3 is 20.3 Å². The van der Waals surface area contributed by atoms with Gasteiger partial charge in [-0.1, -0.05) is 6.07 Å². The molecule has 0 radical (unpaired) electrons. The number of hydrogen-bond donors (Lipinski definition) is 3. The molecule has 0 aliphatic carbocycles. The van der Waals surface area contributed by atoms with Crippen molar-refractivity contribution < 1.29 is 19.7 Å². The molecule has 1 rings (SSSR count). The summed E-state index contributed by atoms with van der Waals surface area (Å²) in [6, 6.07) is 4.28. The van der Waals surface area contributed by atoms with E-state index >= 15 is 0 Å². The molecular weight excluding hydrogens is 222 g/mol. The van der Waals surface area contributed by atoms with E-state index in [2.05, 4.69) is 5.32 Å². The summed E-state index contributed by atoms with van der Waals surface area (Å²) in [6.45, 7) is 1.70. The highest BCUT2D eigenvalue weighted by Gasteiger charge is 2.15. The standard InChI is InChI=1S/C12H17NO4/c1-8-10(4-3-5-11(8)15)12(16)13-9(6-14)7-17-2/h3-5,9,14-15H,6-7H2,1-2H3,(H,13,16). The highest BCUT2D eigenvalue weighted by molar-refractivity contribution is 5.96. The first-order chi connectivity index (χ1) is 8.10. The van der Waals surface area contributed by atoms with Gasteiger partial charge in [0.25, 0.3) is 5.91 Å². The molecule has 0 aliphatic heterocycles. The highest BCUT2D eigenvalue weighted by atomic mass is 16.5. The first-order valence-corrected chi connectivity index (χ1v) is 5.29. The van der Waals surface area contributed by atoms with Crippen molar-refractivity contribution in [2.75, 3.05) is 20.3 Å². The minimum absolute atomic E-state index is 0.0740. The lowest BCUT2D eigenvalue weighted by atomic mass is 10.1. The predicted molar refractivity (Wildman–Crippen MR) is 63.1 cm³/mol. The maximum atomic E-state index is 11.9. The van der Waals surface area contributed by atoms with Crippen LogP contribution < -0.4 is 5.32 Å². The molecule has 17 heavy (non-hydrogen) atoms. The summed E-state index contributed by atoms with van der Waals surface area (Å²) in [5.74, 6) is -0.264. The molecule has 1 amide bonds. The summed E-state index contributed by atoms with van der Waals surface area (Å²) in [5, 5.41) is 21.1. The Labute approximate surface area is 100 Å². The number of phenols is 1.